The molecule has 0 aliphatic rings. The van der Waals surface area contributed by atoms with Gasteiger partial charge in [0.25, 0.3) is 0 Å². The van der Waals surface area contributed by atoms with Gasteiger partial charge < -0.3 is 9.73 Å². The zero-order valence-electron chi connectivity index (χ0n) is 9.64. The van der Waals surface area contributed by atoms with Crippen LogP contribution in [0.3, 0.4) is 0 Å². The van der Waals surface area contributed by atoms with Crippen LogP contribution >= 0.6 is 0 Å². The van der Waals surface area contributed by atoms with Crippen LogP contribution in [-0.2, 0) is 6.54 Å². The molecule has 18 heavy (non-hydrogen) atoms. The van der Waals surface area contributed by atoms with Crippen molar-refractivity contribution in [1.82, 2.24) is 0 Å². The number of benzene rings is 1. The summed E-state index contributed by atoms with van der Waals surface area (Å²) in [6.45, 7) is 1.92. The third-order valence-electron chi connectivity index (χ3n) is 2.55. The van der Waals surface area contributed by atoms with Gasteiger partial charge in [-0.1, -0.05) is 6.07 Å². The first kappa shape index (κ1) is 12.1. The molecule has 0 spiro atoms. The van der Waals surface area contributed by atoms with Crippen LogP contribution in [0.25, 0.3) is 0 Å². The second-order valence-electron chi connectivity index (χ2n) is 3.76. The zero-order valence-corrected chi connectivity index (χ0v) is 9.64. The van der Waals surface area contributed by atoms with Crippen molar-refractivity contribution in [2.24, 2.45) is 0 Å². The lowest BCUT2D eigenvalue weighted by Gasteiger charge is -2.08. The minimum absolute atomic E-state index is 0.262. The van der Waals surface area contributed by atoms with Gasteiger partial charge in [0.15, 0.2) is 0 Å². The van der Waals surface area contributed by atoms with E-state index in [0.717, 1.165) is 0 Å². The van der Waals surface area contributed by atoms with Crippen LogP contribution in [0, 0.1) is 22.9 Å². The molecule has 0 amide bonds. The van der Waals surface area contributed by atoms with Gasteiger partial charge in [0.1, 0.15) is 16.5 Å². The number of nitro groups is 1. The summed E-state index contributed by atoms with van der Waals surface area (Å²) in [6.07, 6.45) is 0. The van der Waals surface area contributed by atoms with Crippen molar-refractivity contribution in [2.45, 2.75) is 13.5 Å². The predicted molar refractivity (Wildman–Crippen MR) is 63.8 cm³/mol. The fourth-order valence-electron chi connectivity index (χ4n) is 1.54. The molecule has 6 heteroatoms. The van der Waals surface area contributed by atoms with Crippen molar-refractivity contribution in [3.8, 4) is 0 Å². The van der Waals surface area contributed by atoms with E-state index in [0.29, 0.717) is 17.0 Å². The molecule has 0 aliphatic heterocycles. The summed E-state index contributed by atoms with van der Waals surface area (Å²) in [5.74, 6) is -0.182. The number of hydrogen-bond donors (Lipinski definition) is 1. The average Bonchev–Trinajstić information content (AvgIpc) is 2.80. The van der Waals surface area contributed by atoms with E-state index < -0.39 is 4.92 Å². The third-order valence-corrected chi connectivity index (χ3v) is 2.55. The van der Waals surface area contributed by atoms with Crippen LogP contribution < -0.4 is 5.32 Å². The minimum atomic E-state index is -0.600. The number of furan rings is 1. The molecule has 1 heterocycles. The van der Waals surface area contributed by atoms with Crippen LogP contribution in [0.2, 0.25) is 0 Å². The summed E-state index contributed by atoms with van der Waals surface area (Å²) >= 11 is 0. The molecule has 0 atom stereocenters. The Hall–Kier alpha value is -2.37. The Kier molecular flexibility index (Phi) is 3.27. The summed E-state index contributed by atoms with van der Waals surface area (Å²) in [5, 5.41) is 13.4. The van der Waals surface area contributed by atoms with Gasteiger partial charge >= 0.3 is 5.88 Å². The maximum Gasteiger partial charge on any atom is 0.433 e. The Balaban J connectivity index is 2.07. The fraction of sp³-hybridized carbons (Fsp3) is 0.167. The molecular formula is C12H11FN2O3. The van der Waals surface area contributed by atoms with Gasteiger partial charge in [-0.25, -0.2) is 4.39 Å². The smallest absolute Gasteiger partial charge is 0.404 e. The highest BCUT2D eigenvalue weighted by Gasteiger charge is 2.11. The molecule has 1 aromatic heterocycles. The highest BCUT2D eigenvalue weighted by Crippen LogP contribution is 2.20. The molecule has 94 valence electrons. The second kappa shape index (κ2) is 4.87. The Morgan fingerprint density at radius 1 is 1.39 bits per heavy atom. The Morgan fingerprint density at radius 2 is 2.17 bits per heavy atom. The molecule has 5 nitrogen and oxygen atoms in total. The average molecular weight is 250 g/mol. The summed E-state index contributed by atoms with van der Waals surface area (Å²) in [6, 6.07) is 7.50. The highest BCUT2D eigenvalue weighted by molar-refractivity contribution is 5.51. The van der Waals surface area contributed by atoms with Gasteiger partial charge in [0.2, 0.25) is 0 Å². The van der Waals surface area contributed by atoms with Gasteiger partial charge in [0.05, 0.1) is 12.6 Å². The quantitative estimate of drug-likeness (QED) is 0.668. The maximum atomic E-state index is 13.3. The monoisotopic (exact) mass is 250 g/mol. The molecular weight excluding hydrogens is 239 g/mol. The van der Waals surface area contributed by atoms with Gasteiger partial charge in [-0.15, -0.1) is 0 Å². The topological polar surface area (TPSA) is 68.3 Å². The van der Waals surface area contributed by atoms with E-state index in [1.807, 2.05) is 0 Å². The molecule has 1 N–H and O–H groups in total. The van der Waals surface area contributed by atoms with Gasteiger partial charge in [-0.2, -0.15) is 0 Å². The summed E-state index contributed by atoms with van der Waals surface area (Å²) in [4.78, 5) is 9.83. The van der Waals surface area contributed by atoms with Crippen LogP contribution in [0.4, 0.5) is 16.0 Å². The number of anilines is 1. The number of halogens is 1. The van der Waals surface area contributed by atoms with E-state index in [4.69, 9.17) is 4.42 Å². The lowest BCUT2D eigenvalue weighted by atomic mass is 10.2. The van der Waals surface area contributed by atoms with Gasteiger partial charge in [-0.05, 0) is 25.1 Å². The minimum Gasteiger partial charge on any atom is -0.404 e. The first-order valence-corrected chi connectivity index (χ1v) is 5.30. The number of hydrogen-bond acceptors (Lipinski definition) is 4. The van der Waals surface area contributed by atoms with E-state index in [1.54, 1.807) is 19.1 Å². The van der Waals surface area contributed by atoms with Crippen molar-refractivity contribution in [3.63, 3.8) is 0 Å². The van der Waals surface area contributed by atoms with E-state index in [-0.39, 0.29) is 18.2 Å². The number of nitrogens with one attached hydrogen (secondary N) is 1. The van der Waals surface area contributed by atoms with E-state index in [1.165, 1.54) is 18.2 Å². The molecule has 0 bridgehead atoms. The first-order valence-electron chi connectivity index (χ1n) is 5.30. The van der Waals surface area contributed by atoms with E-state index in [2.05, 4.69) is 5.32 Å². The molecule has 1 aromatic carbocycles. The Morgan fingerprint density at radius 3 is 2.83 bits per heavy atom. The van der Waals surface area contributed by atoms with Crippen molar-refractivity contribution >= 4 is 11.6 Å². The molecule has 0 radical (unpaired) electrons. The molecule has 2 rings (SSSR count). The molecule has 0 saturated heterocycles. The summed E-state index contributed by atoms with van der Waals surface area (Å²) in [7, 11) is 0. The van der Waals surface area contributed by atoms with E-state index in [9.17, 15) is 14.5 Å². The number of rotatable bonds is 4. The van der Waals surface area contributed by atoms with Crippen molar-refractivity contribution < 1.29 is 13.7 Å². The normalized spacial score (nSPS) is 10.3. The molecule has 0 aliphatic carbocycles. The number of nitrogens with zero attached hydrogens (tertiary/aromatic N) is 1. The largest absolute Gasteiger partial charge is 0.433 e. The van der Waals surface area contributed by atoms with Crippen LogP contribution in [0.5, 0.6) is 0 Å². The lowest BCUT2D eigenvalue weighted by Crippen LogP contribution is -2.01. The van der Waals surface area contributed by atoms with Crippen molar-refractivity contribution in [3.05, 3.63) is 57.6 Å². The molecule has 0 unspecified atom stereocenters. The molecule has 2 aromatic rings. The van der Waals surface area contributed by atoms with Crippen LogP contribution in [-0.4, -0.2) is 4.92 Å². The van der Waals surface area contributed by atoms with Crippen molar-refractivity contribution in [1.29, 1.82) is 0 Å². The Bertz CT molecular complexity index is 580. The second-order valence-corrected chi connectivity index (χ2v) is 3.76. The lowest BCUT2D eigenvalue weighted by molar-refractivity contribution is -0.402. The molecule has 0 saturated carbocycles. The highest BCUT2D eigenvalue weighted by atomic mass is 19.1. The molecule has 0 fully saturated rings. The predicted octanol–water partition coefficient (Wildman–Crippen LogP) is 3.25. The van der Waals surface area contributed by atoms with Crippen LogP contribution in [0.1, 0.15) is 11.3 Å². The SMILES string of the molecule is Cc1c(F)cccc1NCc1ccc([N+](=O)[O-])o1. The first-order chi connectivity index (χ1) is 8.58. The summed E-state index contributed by atoms with van der Waals surface area (Å²) in [5.41, 5.74) is 1.13. The van der Waals surface area contributed by atoms with Gasteiger partial charge in [-0.3, -0.25) is 10.1 Å². The standard InChI is InChI=1S/C12H11FN2O3/c1-8-10(13)3-2-4-11(8)14-7-9-5-6-12(18-9)15(16)17/h2-6,14H,7H2,1H3. The zero-order chi connectivity index (χ0) is 13.1. The summed E-state index contributed by atoms with van der Waals surface area (Å²) < 4.78 is 18.2. The Labute approximate surface area is 102 Å². The van der Waals surface area contributed by atoms with Crippen LogP contribution in [0.15, 0.2) is 34.7 Å². The maximum absolute atomic E-state index is 13.3. The van der Waals surface area contributed by atoms with Crippen molar-refractivity contribution in [2.75, 3.05) is 5.32 Å². The third kappa shape index (κ3) is 2.48. The van der Waals surface area contributed by atoms with E-state index >= 15 is 0 Å². The fourth-order valence-corrected chi connectivity index (χ4v) is 1.54. The van der Waals surface area contributed by atoms with Gasteiger partial charge in [0, 0.05) is 11.3 Å².